The molecule has 0 spiro atoms. The van der Waals surface area contributed by atoms with Crippen LogP contribution >= 0.6 is 35.0 Å². The van der Waals surface area contributed by atoms with Crippen LogP contribution < -0.4 is 0 Å². The van der Waals surface area contributed by atoms with Gasteiger partial charge in [-0.3, -0.25) is 4.79 Å². The van der Waals surface area contributed by atoms with Crippen LogP contribution in [0.3, 0.4) is 0 Å². The lowest BCUT2D eigenvalue weighted by Gasteiger charge is -2.27. The van der Waals surface area contributed by atoms with Crippen LogP contribution in [-0.4, -0.2) is 42.3 Å². The Bertz CT molecular complexity index is 640. The van der Waals surface area contributed by atoms with Crippen molar-refractivity contribution in [2.45, 2.75) is 0 Å². The van der Waals surface area contributed by atoms with Crippen LogP contribution in [0.15, 0.2) is 28.1 Å². The van der Waals surface area contributed by atoms with E-state index < -0.39 is 0 Å². The van der Waals surface area contributed by atoms with E-state index in [4.69, 9.17) is 27.9 Å². The zero-order chi connectivity index (χ0) is 14.8. The first kappa shape index (κ1) is 14.9. The summed E-state index contributed by atoms with van der Waals surface area (Å²) in [5.74, 6) is -0.215. The maximum Gasteiger partial charge on any atom is 0.286 e. The summed E-state index contributed by atoms with van der Waals surface area (Å²) in [7, 11) is 0. The Hall–Kier alpha value is -1.01. The molecule has 3 rings (SSSR count). The van der Waals surface area contributed by atoms with Crippen LogP contribution in [0.1, 0.15) is 5.56 Å². The summed E-state index contributed by atoms with van der Waals surface area (Å²) in [6.45, 7) is 2.86. The van der Waals surface area contributed by atoms with Crippen LogP contribution in [0.25, 0.3) is 6.08 Å². The van der Waals surface area contributed by atoms with E-state index in [-0.39, 0.29) is 5.91 Å². The highest BCUT2D eigenvalue weighted by Crippen LogP contribution is 2.31. The van der Waals surface area contributed by atoms with Gasteiger partial charge in [0, 0.05) is 13.1 Å². The average Bonchev–Trinajstić information content (AvgIpc) is 2.85. The number of amidine groups is 1. The van der Waals surface area contributed by atoms with Gasteiger partial charge in [-0.1, -0.05) is 29.3 Å². The number of thioether (sulfide) groups is 1. The largest absolute Gasteiger partial charge is 0.378 e. The van der Waals surface area contributed by atoms with Gasteiger partial charge in [0.05, 0.1) is 28.2 Å². The zero-order valence-corrected chi connectivity index (χ0v) is 13.3. The van der Waals surface area contributed by atoms with Crippen LogP contribution in [0.5, 0.6) is 0 Å². The molecule has 2 aliphatic rings. The Morgan fingerprint density at radius 1 is 1.24 bits per heavy atom. The molecule has 2 aliphatic heterocycles. The fourth-order valence-corrected chi connectivity index (χ4v) is 3.31. The number of ether oxygens (including phenoxy) is 1. The highest BCUT2D eigenvalue weighted by molar-refractivity contribution is 8.18. The van der Waals surface area contributed by atoms with Gasteiger partial charge in [0.2, 0.25) is 0 Å². The molecule has 0 radical (unpaired) electrons. The molecule has 0 atom stereocenters. The van der Waals surface area contributed by atoms with Gasteiger partial charge >= 0.3 is 0 Å². The minimum absolute atomic E-state index is 0.215. The number of aliphatic imine (C=N–C) groups is 1. The van der Waals surface area contributed by atoms with Crippen molar-refractivity contribution in [2.75, 3.05) is 26.3 Å². The summed E-state index contributed by atoms with van der Waals surface area (Å²) in [4.78, 5) is 18.8. The van der Waals surface area contributed by atoms with Gasteiger partial charge in [0.1, 0.15) is 0 Å². The Morgan fingerprint density at radius 2 is 2.00 bits per heavy atom. The first-order valence-corrected chi connectivity index (χ1v) is 8.01. The number of hydrogen-bond donors (Lipinski definition) is 0. The highest BCUT2D eigenvalue weighted by atomic mass is 35.5. The lowest BCUT2D eigenvalue weighted by molar-refractivity contribution is -0.113. The third-order valence-electron chi connectivity index (χ3n) is 3.13. The minimum atomic E-state index is -0.215. The van der Waals surface area contributed by atoms with Gasteiger partial charge in [-0.15, -0.1) is 0 Å². The van der Waals surface area contributed by atoms with Crippen LogP contribution in [0.4, 0.5) is 0 Å². The molecule has 1 amide bonds. The molecule has 0 N–H and O–H groups in total. The summed E-state index contributed by atoms with van der Waals surface area (Å²) in [5.41, 5.74) is 0.832. The summed E-state index contributed by atoms with van der Waals surface area (Å²) < 4.78 is 5.30. The van der Waals surface area contributed by atoms with E-state index in [1.807, 2.05) is 6.07 Å². The fourth-order valence-electron chi connectivity index (χ4n) is 2.04. The van der Waals surface area contributed by atoms with E-state index >= 15 is 0 Å². The molecule has 7 heteroatoms. The van der Waals surface area contributed by atoms with Gasteiger partial charge in [-0.2, -0.15) is 4.99 Å². The van der Waals surface area contributed by atoms with Crippen molar-refractivity contribution >= 4 is 52.1 Å². The highest BCUT2D eigenvalue weighted by Gasteiger charge is 2.27. The second-order valence-corrected chi connectivity index (χ2v) is 6.41. The number of hydrogen-bond acceptors (Lipinski definition) is 4. The second-order valence-electron chi connectivity index (χ2n) is 4.58. The van der Waals surface area contributed by atoms with E-state index in [0.717, 1.165) is 23.8 Å². The van der Waals surface area contributed by atoms with E-state index in [1.54, 1.807) is 18.2 Å². The molecule has 1 fully saturated rings. The van der Waals surface area contributed by atoms with Crippen LogP contribution in [0.2, 0.25) is 10.0 Å². The first-order valence-electron chi connectivity index (χ1n) is 6.44. The lowest BCUT2D eigenvalue weighted by Crippen LogP contribution is -2.38. The Kier molecular flexibility index (Phi) is 4.54. The summed E-state index contributed by atoms with van der Waals surface area (Å²) in [5, 5.41) is 1.71. The molecule has 110 valence electrons. The van der Waals surface area contributed by atoms with E-state index in [9.17, 15) is 4.79 Å². The molecule has 0 bridgehead atoms. The lowest BCUT2D eigenvalue weighted by atomic mass is 10.2. The molecular formula is C14H12Cl2N2O2S. The topological polar surface area (TPSA) is 41.9 Å². The number of halogens is 2. The molecule has 1 aromatic carbocycles. The van der Waals surface area contributed by atoms with Gasteiger partial charge in [-0.25, -0.2) is 0 Å². The molecular weight excluding hydrogens is 331 g/mol. The van der Waals surface area contributed by atoms with Crippen molar-refractivity contribution in [1.82, 2.24) is 4.90 Å². The number of nitrogens with zero attached hydrogens (tertiary/aromatic N) is 2. The van der Waals surface area contributed by atoms with Crippen LogP contribution in [-0.2, 0) is 9.53 Å². The summed E-state index contributed by atoms with van der Waals surface area (Å²) in [6.07, 6.45) is 1.78. The fraction of sp³-hybridized carbons (Fsp3) is 0.286. The van der Waals surface area contributed by atoms with E-state index in [0.29, 0.717) is 28.2 Å². The molecule has 0 saturated carbocycles. The Labute approximate surface area is 136 Å². The Morgan fingerprint density at radius 3 is 2.71 bits per heavy atom. The third kappa shape index (κ3) is 3.43. The molecule has 0 unspecified atom stereocenters. The number of carbonyl (C=O) groups is 1. The molecule has 4 nitrogen and oxygen atoms in total. The number of benzene rings is 1. The average molecular weight is 343 g/mol. The number of rotatable bonds is 1. The smallest absolute Gasteiger partial charge is 0.286 e. The SMILES string of the molecule is O=C1N=C(N2CCOCC2)SC1=Cc1ccc(Cl)c(Cl)c1. The maximum absolute atomic E-state index is 12.0. The molecule has 2 heterocycles. The molecule has 0 aliphatic carbocycles. The normalized spacial score (nSPS) is 21.0. The van der Waals surface area contributed by atoms with Gasteiger partial charge in [-0.05, 0) is 35.5 Å². The zero-order valence-electron chi connectivity index (χ0n) is 11.0. The Balaban J connectivity index is 1.77. The minimum Gasteiger partial charge on any atom is -0.378 e. The quantitative estimate of drug-likeness (QED) is 0.734. The van der Waals surface area contributed by atoms with Gasteiger partial charge in [0.15, 0.2) is 5.17 Å². The van der Waals surface area contributed by atoms with Crippen molar-refractivity contribution in [2.24, 2.45) is 4.99 Å². The number of amides is 1. The van der Waals surface area contributed by atoms with Crippen molar-refractivity contribution in [1.29, 1.82) is 0 Å². The summed E-state index contributed by atoms with van der Waals surface area (Å²) >= 11 is 13.3. The first-order chi connectivity index (χ1) is 10.1. The predicted molar refractivity (Wildman–Crippen MR) is 86.9 cm³/mol. The molecule has 1 aromatic rings. The van der Waals surface area contributed by atoms with Crippen molar-refractivity contribution in [3.05, 3.63) is 38.7 Å². The predicted octanol–water partition coefficient (Wildman–Crippen LogP) is 3.30. The molecule has 0 aromatic heterocycles. The third-order valence-corrected chi connectivity index (χ3v) is 4.92. The van der Waals surface area contributed by atoms with E-state index in [1.165, 1.54) is 11.8 Å². The number of morpholine rings is 1. The van der Waals surface area contributed by atoms with Gasteiger partial charge < -0.3 is 9.64 Å². The second kappa shape index (κ2) is 6.40. The maximum atomic E-state index is 12.0. The number of carbonyl (C=O) groups excluding carboxylic acids is 1. The monoisotopic (exact) mass is 342 g/mol. The van der Waals surface area contributed by atoms with E-state index in [2.05, 4.69) is 9.89 Å². The molecule has 21 heavy (non-hydrogen) atoms. The van der Waals surface area contributed by atoms with Gasteiger partial charge in [0.25, 0.3) is 5.91 Å². The van der Waals surface area contributed by atoms with Crippen molar-refractivity contribution in [3.8, 4) is 0 Å². The van der Waals surface area contributed by atoms with Crippen molar-refractivity contribution in [3.63, 3.8) is 0 Å². The standard InChI is InChI=1S/C14H12Cl2N2O2S/c15-10-2-1-9(7-11(10)16)8-12-13(19)17-14(21-12)18-3-5-20-6-4-18/h1-2,7-8H,3-6H2. The summed E-state index contributed by atoms with van der Waals surface area (Å²) in [6, 6.07) is 5.27. The van der Waals surface area contributed by atoms with Crippen molar-refractivity contribution < 1.29 is 9.53 Å². The molecule has 1 saturated heterocycles. The van der Waals surface area contributed by atoms with Crippen LogP contribution in [0, 0.1) is 0 Å².